The second kappa shape index (κ2) is 9.80. The number of hydrogen-bond acceptors (Lipinski definition) is 7. The maximum Gasteiger partial charge on any atom is 0.264 e. The Morgan fingerprint density at radius 2 is 1.62 bits per heavy atom. The number of benzene rings is 3. The highest BCUT2D eigenvalue weighted by atomic mass is 35.5. The molecule has 0 spiro atoms. The van der Waals surface area contributed by atoms with E-state index in [2.05, 4.69) is 15.5 Å². The van der Waals surface area contributed by atoms with Gasteiger partial charge in [0.25, 0.3) is 15.9 Å². The molecule has 0 saturated carbocycles. The number of aromatic nitrogens is 2. The Kier molecular flexibility index (Phi) is 6.82. The lowest BCUT2D eigenvalue weighted by atomic mass is 10.2. The Balaban J connectivity index is 1.45. The van der Waals surface area contributed by atoms with Crippen LogP contribution in [0.4, 0.5) is 10.8 Å². The van der Waals surface area contributed by atoms with Gasteiger partial charge in [-0.1, -0.05) is 35.1 Å². The summed E-state index contributed by atoms with van der Waals surface area (Å²) in [5.74, 6) is 0.179. The van der Waals surface area contributed by atoms with Crippen LogP contribution in [0.2, 0.25) is 5.02 Å². The normalized spacial score (nSPS) is 11.1. The Bertz CT molecular complexity index is 1400. The Morgan fingerprint density at radius 1 is 0.971 bits per heavy atom. The van der Waals surface area contributed by atoms with Gasteiger partial charge in [0, 0.05) is 23.2 Å². The van der Waals surface area contributed by atoms with Gasteiger partial charge < -0.3 is 4.74 Å². The molecule has 1 heterocycles. The molecule has 0 saturated heterocycles. The van der Waals surface area contributed by atoms with Gasteiger partial charge in [0.2, 0.25) is 5.13 Å². The monoisotopic (exact) mass is 514 g/mol. The zero-order valence-corrected chi connectivity index (χ0v) is 20.5. The molecule has 0 atom stereocenters. The van der Waals surface area contributed by atoms with Gasteiger partial charge >= 0.3 is 0 Å². The average Bonchev–Trinajstić information content (AvgIpc) is 3.32. The van der Waals surface area contributed by atoms with Gasteiger partial charge in [-0.2, -0.15) is 0 Å². The quantitative estimate of drug-likeness (QED) is 0.374. The van der Waals surface area contributed by atoms with Crippen LogP contribution < -0.4 is 14.4 Å². The maximum atomic E-state index is 12.9. The summed E-state index contributed by atoms with van der Waals surface area (Å²) in [6, 6.07) is 19.5. The van der Waals surface area contributed by atoms with Crippen molar-refractivity contribution in [2.24, 2.45) is 0 Å². The molecule has 0 unspecified atom stereocenters. The molecule has 174 valence electrons. The molecule has 0 aliphatic heterocycles. The molecular weight excluding hydrogens is 496 g/mol. The van der Waals surface area contributed by atoms with Crippen molar-refractivity contribution in [1.82, 2.24) is 10.2 Å². The smallest absolute Gasteiger partial charge is 0.264 e. The average molecular weight is 515 g/mol. The van der Waals surface area contributed by atoms with Crippen LogP contribution in [0.25, 0.3) is 10.6 Å². The summed E-state index contributed by atoms with van der Waals surface area (Å²) in [5.41, 5.74) is 1.60. The number of halogens is 1. The van der Waals surface area contributed by atoms with Gasteiger partial charge in [-0.05, 0) is 60.7 Å². The van der Waals surface area contributed by atoms with E-state index in [1.807, 2.05) is 12.1 Å². The van der Waals surface area contributed by atoms with E-state index in [0.717, 1.165) is 9.87 Å². The number of ether oxygens (including phenoxy) is 1. The van der Waals surface area contributed by atoms with Crippen molar-refractivity contribution in [3.8, 4) is 16.3 Å². The number of nitrogens with one attached hydrogen (secondary N) is 1. The SMILES string of the molecule is COc1ccc(S(=O)(=O)N(C)c2ccc(C(=O)Nc3nnc(-c4ccc(Cl)cc4)s3)cc2)cc1. The zero-order chi connectivity index (χ0) is 24.3. The van der Waals surface area contributed by atoms with E-state index in [4.69, 9.17) is 16.3 Å². The summed E-state index contributed by atoms with van der Waals surface area (Å²) >= 11 is 7.14. The minimum atomic E-state index is -3.77. The van der Waals surface area contributed by atoms with Gasteiger partial charge in [0.1, 0.15) is 10.8 Å². The van der Waals surface area contributed by atoms with Crippen LogP contribution in [-0.2, 0) is 10.0 Å². The number of anilines is 2. The second-order valence-electron chi connectivity index (χ2n) is 7.07. The molecule has 11 heteroatoms. The van der Waals surface area contributed by atoms with E-state index in [1.165, 1.54) is 37.6 Å². The number of nitrogens with zero attached hydrogens (tertiary/aromatic N) is 3. The summed E-state index contributed by atoms with van der Waals surface area (Å²) in [5, 5.41) is 12.4. The largest absolute Gasteiger partial charge is 0.497 e. The molecule has 0 fully saturated rings. The minimum absolute atomic E-state index is 0.130. The Hall–Kier alpha value is -3.47. The van der Waals surface area contributed by atoms with E-state index in [1.54, 1.807) is 48.5 Å². The molecule has 4 aromatic rings. The van der Waals surface area contributed by atoms with Gasteiger partial charge in [0.15, 0.2) is 0 Å². The first-order valence-electron chi connectivity index (χ1n) is 9.92. The summed E-state index contributed by atoms with van der Waals surface area (Å²) in [6.45, 7) is 0. The predicted octanol–water partition coefficient (Wildman–Crippen LogP) is 4.94. The number of sulfonamides is 1. The lowest BCUT2D eigenvalue weighted by molar-refractivity contribution is 0.102. The number of rotatable bonds is 7. The first-order valence-corrected chi connectivity index (χ1v) is 12.6. The molecule has 4 rings (SSSR count). The van der Waals surface area contributed by atoms with Crippen LogP contribution in [0.1, 0.15) is 10.4 Å². The summed E-state index contributed by atoms with van der Waals surface area (Å²) in [7, 11) is -0.809. The second-order valence-corrected chi connectivity index (χ2v) is 10.5. The van der Waals surface area contributed by atoms with Crippen molar-refractivity contribution in [1.29, 1.82) is 0 Å². The molecule has 34 heavy (non-hydrogen) atoms. The highest BCUT2D eigenvalue weighted by molar-refractivity contribution is 7.92. The van der Waals surface area contributed by atoms with Crippen molar-refractivity contribution in [3.63, 3.8) is 0 Å². The van der Waals surface area contributed by atoms with Crippen LogP contribution >= 0.6 is 22.9 Å². The number of carbonyl (C=O) groups is 1. The van der Waals surface area contributed by atoms with Crippen molar-refractivity contribution in [2.45, 2.75) is 4.90 Å². The molecule has 0 bridgehead atoms. The van der Waals surface area contributed by atoms with Crippen molar-refractivity contribution >= 4 is 49.7 Å². The fourth-order valence-corrected chi connectivity index (χ4v) is 5.09. The maximum absolute atomic E-state index is 12.9. The van der Waals surface area contributed by atoms with Crippen LogP contribution in [0.5, 0.6) is 5.75 Å². The van der Waals surface area contributed by atoms with Gasteiger partial charge in [0.05, 0.1) is 17.7 Å². The van der Waals surface area contributed by atoms with Gasteiger partial charge in [-0.3, -0.25) is 14.4 Å². The third-order valence-corrected chi connectivity index (χ3v) is 7.89. The van der Waals surface area contributed by atoms with Crippen LogP contribution in [0.3, 0.4) is 0 Å². The fourth-order valence-electron chi connectivity index (χ4n) is 3.02. The lowest BCUT2D eigenvalue weighted by Gasteiger charge is -2.20. The molecule has 1 aromatic heterocycles. The summed E-state index contributed by atoms with van der Waals surface area (Å²) in [4.78, 5) is 12.8. The number of carbonyl (C=O) groups excluding carboxylic acids is 1. The third-order valence-electron chi connectivity index (χ3n) is 4.95. The van der Waals surface area contributed by atoms with E-state index in [-0.39, 0.29) is 10.8 Å². The third kappa shape index (κ3) is 5.04. The first kappa shape index (κ1) is 23.7. The van der Waals surface area contributed by atoms with Crippen LogP contribution in [0, 0.1) is 0 Å². The molecule has 1 amide bonds. The topological polar surface area (TPSA) is 101 Å². The van der Waals surface area contributed by atoms with E-state index in [9.17, 15) is 13.2 Å². The van der Waals surface area contributed by atoms with E-state index in [0.29, 0.717) is 32.2 Å². The molecule has 3 aromatic carbocycles. The molecule has 0 radical (unpaired) electrons. The highest BCUT2D eigenvalue weighted by Crippen LogP contribution is 2.28. The number of amides is 1. The lowest BCUT2D eigenvalue weighted by Crippen LogP contribution is -2.26. The standard InChI is InChI=1S/C23H19ClN4O4S2/c1-28(34(30,31)20-13-11-19(32-2)12-14-20)18-9-5-15(6-10-18)21(29)25-23-27-26-22(33-23)16-3-7-17(24)8-4-16/h3-14H,1-2H3,(H,25,27,29). The van der Waals surface area contributed by atoms with Gasteiger partial charge in [-0.15, -0.1) is 10.2 Å². The van der Waals surface area contributed by atoms with Crippen molar-refractivity contribution in [2.75, 3.05) is 23.8 Å². The fraction of sp³-hybridized carbons (Fsp3) is 0.0870. The Morgan fingerprint density at radius 3 is 2.24 bits per heavy atom. The van der Waals surface area contributed by atoms with E-state index >= 15 is 0 Å². The highest BCUT2D eigenvalue weighted by Gasteiger charge is 2.22. The number of hydrogen-bond donors (Lipinski definition) is 1. The molecule has 1 N–H and O–H groups in total. The van der Waals surface area contributed by atoms with Crippen molar-refractivity contribution in [3.05, 3.63) is 83.4 Å². The Labute approximate surface area is 205 Å². The molecular formula is C23H19ClN4O4S2. The van der Waals surface area contributed by atoms with Crippen LogP contribution in [0.15, 0.2) is 77.7 Å². The van der Waals surface area contributed by atoms with E-state index < -0.39 is 10.0 Å². The minimum Gasteiger partial charge on any atom is -0.497 e. The zero-order valence-electron chi connectivity index (χ0n) is 18.1. The van der Waals surface area contributed by atoms with Gasteiger partial charge in [-0.25, -0.2) is 8.42 Å². The van der Waals surface area contributed by atoms with Crippen LogP contribution in [-0.4, -0.2) is 38.7 Å². The van der Waals surface area contributed by atoms with Crippen molar-refractivity contribution < 1.29 is 17.9 Å². The predicted molar refractivity (Wildman–Crippen MR) is 133 cm³/mol. The number of methoxy groups -OCH3 is 1. The summed E-state index contributed by atoms with van der Waals surface area (Å²) < 4.78 is 32.1. The molecule has 0 aliphatic rings. The first-order chi connectivity index (χ1) is 16.3. The summed E-state index contributed by atoms with van der Waals surface area (Å²) in [6.07, 6.45) is 0. The molecule has 8 nitrogen and oxygen atoms in total. The molecule has 0 aliphatic carbocycles.